The van der Waals surface area contributed by atoms with Crippen molar-refractivity contribution in [2.45, 2.75) is 13.3 Å². The molecule has 0 spiro atoms. The Morgan fingerprint density at radius 3 is 2.85 bits per heavy atom. The van der Waals surface area contributed by atoms with Crippen LogP contribution in [0.2, 0.25) is 0 Å². The van der Waals surface area contributed by atoms with Crippen LogP contribution < -0.4 is 0 Å². The zero-order valence-electron chi connectivity index (χ0n) is 8.53. The number of allylic oxidation sites excluding steroid dienone is 1. The van der Waals surface area contributed by atoms with Crippen LogP contribution in [0.5, 0.6) is 0 Å². The van der Waals surface area contributed by atoms with Crippen molar-refractivity contribution in [3.8, 4) is 0 Å². The van der Waals surface area contributed by atoms with Gasteiger partial charge >= 0.3 is 0 Å². The predicted octanol–water partition coefficient (Wildman–Crippen LogP) is 2.10. The van der Waals surface area contributed by atoms with E-state index in [9.17, 15) is 0 Å². The molecule has 0 radical (unpaired) electrons. The quantitative estimate of drug-likeness (QED) is 0.477. The Bertz CT molecular complexity index is 228. The van der Waals surface area contributed by atoms with Gasteiger partial charge in [-0.3, -0.25) is 4.99 Å². The van der Waals surface area contributed by atoms with E-state index < -0.39 is 0 Å². The minimum Gasteiger partial charge on any atom is -0.306 e. The largest absolute Gasteiger partial charge is 0.306 e. The second kappa shape index (κ2) is 4.97. The fourth-order valence-electron chi connectivity index (χ4n) is 1.69. The minimum absolute atomic E-state index is 0.631. The van der Waals surface area contributed by atoms with Crippen LogP contribution >= 0.6 is 0 Å². The van der Waals surface area contributed by atoms with Crippen LogP contribution in [0.4, 0.5) is 0 Å². The molecule has 2 heteroatoms. The number of hydrogen-bond acceptors (Lipinski definition) is 2. The number of likely N-dealkylation sites (tertiary alicyclic amines) is 1. The predicted molar refractivity (Wildman–Crippen MR) is 58.1 cm³/mol. The van der Waals surface area contributed by atoms with Crippen LogP contribution in [-0.4, -0.2) is 31.3 Å². The molecule has 0 aromatic rings. The number of hydrogen-bond donors (Lipinski definition) is 0. The molecule has 0 bridgehead atoms. The Morgan fingerprint density at radius 2 is 2.38 bits per heavy atom. The molecule has 1 aliphatic rings. The Morgan fingerprint density at radius 1 is 1.62 bits per heavy atom. The summed E-state index contributed by atoms with van der Waals surface area (Å²) < 4.78 is 0. The summed E-state index contributed by atoms with van der Waals surface area (Å²) >= 11 is 0. The summed E-state index contributed by atoms with van der Waals surface area (Å²) in [5, 5.41) is 0. The van der Waals surface area contributed by atoms with Crippen LogP contribution in [0, 0.1) is 5.92 Å². The summed E-state index contributed by atoms with van der Waals surface area (Å²) in [7, 11) is 2.16. The molecule has 1 saturated heterocycles. The van der Waals surface area contributed by atoms with Gasteiger partial charge in [-0.25, -0.2) is 0 Å². The van der Waals surface area contributed by atoms with E-state index in [4.69, 9.17) is 0 Å². The normalized spacial score (nSPS) is 25.7. The molecule has 0 N–H and O–H groups in total. The van der Waals surface area contributed by atoms with E-state index in [0.29, 0.717) is 5.92 Å². The molecule has 1 aliphatic heterocycles. The molecule has 0 aliphatic carbocycles. The Labute approximate surface area is 80.7 Å². The second-order valence-electron chi connectivity index (χ2n) is 3.49. The van der Waals surface area contributed by atoms with Gasteiger partial charge in [-0.15, -0.1) is 0 Å². The molecule has 1 atom stereocenters. The maximum Gasteiger partial charge on any atom is 0.0298 e. The van der Waals surface area contributed by atoms with Crippen molar-refractivity contribution in [3.05, 3.63) is 24.4 Å². The highest BCUT2D eigenvalue weighted by molar-refractivity contribution is 5.54. The summed E-state index contributed by atoms with van der Waals surface area (Å²) in [5.41, 5.74) is 1.27. The third kappa shape index (κ3) is 2.81. The summed E-state index contributed by atoms with van der Waals surface area (Å²) in [6.45, 7) is 8.07. The standard InChI is InChI=1S/C11H18N2/c1-4-10(8-12-5-2)11-6-7-13(3)9-11/h4-5,8,11H,1,6-7,9H2,2-3H3/b10-8+,12-5?. The Kier molecular flexibility index (Phi) is 3.90. The summed E-state index contributed by atoms with van der Waals surface area (Å²) in [6, 6.07) is 0. The van der Waals surface area contributed by atoms with Crippen molar-refractivity contribution in [1.29, 1.82) is 0 Å². The molecule has 0 amide bonds. The van der Waals surface area contributed by atoms with E-state index in [2.05, 4.69) is 23.5 Å². The smallest absolute Gasteiger partial charge is 0.0298 e. The van der Waals surface area contributed by atoms with E-state index in [1.165, 1.54) is 18.5 Å². The molecule has 0 saturated carbocycles. The first-order valence-electron chi connectivity index (χ1n) is 4.76. The van der Waals surface area contributed by atoms with Gasteiger partial charge in [-0.2, -0.15) is 0 Å². The zero-order valence-corrected chi connectivity index (χ0v) is 8.53. The lowest BCUT2D eigenvalue weighted by molar-refractivity contribution is 0.406. The lowest BCUT2D eigenvalue weighted by Crippen LogP contribution is -2.14. The lowest BCUT2D eigenvalue weighted by atomic mass is 9.99. The average molecular weight is 178 g/mol. The van der Waals surface area contributed by atoms with E-state index in [-0.39, 0.29) is 0 Å². The van der Waals surface area contributed by atoms with Crippen LogP contribution in [0.1, 0.15) is 13.3 Å². The molecule has 0 aromatic carbocycles. The van der Waals surface area contributed by atoms with Crippen molar-refractivity contribution in [3.63, 3.8) is 0 Å². The van der Waals surface area contributed by atoms with Gasteiger partial charge in [0.05, 0.1) is 0 Å². The SMILES string of the molecule is C=C/C(=C\N=CC)C1CCN(C)C1. The third-order valence-electron chi connectivity index (χ3n) is 2.47. The molecule has 72 valence electrons. The number of rotatable bonds is 3. The lowest BCUT2D eigenvalue weighted by Gasteiger charge is -2.10. The monoisotopic (exact) mass is 178 g/mol. The molecule has 2 nitrogen and oxygen atoms in total. The van der Waals surface area contributed by atoms with Gasteiger partial charge in [0.15, 0.2) is 0 Å². The van der Waals surface area contributed by atoms with Gasteiger partial charge < -0.3 is 4.90 Å². The maximum atomic E-state index is 4.14. The van der Waals surface area contributed by atoms with Crippen molar-refractivity contribution in [2.24, 2.45) is 10.9 Å². The molecular weight excluding hydrogens is 160 g/mol. The fraction of sp³-hybridized carbons (Fsp3) is 0.545. The van der Waals surface area contributed by atoms with E-state index in [1.54, 1.807) is 0 Å². The molecule has 0 aromatic heterocycles. The molecule has 13 heavy (non-hydrogen) atoms. The van der Waals surface area contributed by atoms with Crippen LogP contribution in [0.25, 0.3) is 0 Å². The Hall–Kier alpha value is -0.890. The van der Waals surface area contributed by atoms with Gasteiger partial charge in [-0.1, -0.05) is 12.7 Å². The fourth-order valence-corrected chi connectivity index (χ4v) is 1.69. The van der Waals surface area contributed by atoms with Crippen molar-refractivity contribution >= 4 is 6.21 Å². The van der Waals surface area contributed by atoms with Gasteiger partial charge in [0.25, 0.3) is 0 Å². The zero-order chi connectivity index (χ0) is 9.68. The Balaban J connectivity index is 2.61. The van der Waals surface area contributed by atoms with Crippen LogP contribution in [0.15, 0.2) is 29.4 Å². The van der Waals surface area contributed by atoms with E-state index in [0.717, 1.165) is 6.54 Å². The summed E-state index contributed by atoms with van der Waals surface area (Å²) in [6.07, 6.45) is 6.89. The first-order chi connectivity index (χ1) is 6.27. The second-order valence-corrected chi connectivity index (χ2v) is 3.49. The molecule has 1 rings (SSSR count). The maximum absolute atomic E-state index is 4.14. The summed E-state index contributed by atoms with van der Waals surface area (Å²) in [5.74, 6) is 0.631. The van der Waals surface area contributed by atoms with Crippen LogP contribution in [0.3, 0.4) is 0 Å². The van der Waals surface area contributed by atoms with Crippen molar-refractivity contribution in [1.82, 2.24) is 4.90 Å². The third-order valence-corrected chi connectivity index (χ3v) is 2.47. The van der Waals surface area contributed by atoms with Gasteiger partial charge in [0, 0.05) is 19.0 Å². The number of aliphatic imine (C=N–C) groups is 1. The average Bonchev–Trinajstić information content (AvgIpc) is 2.54. The minimum atomic E-state index is 0.631. The topological polar surface area (TPSA) is 15.6 Å². The molecule has 1 heterocycles. The van der Waals surface area contributed by atoms with Crippen LogP contribution in [-0.2, 0) is 0 Å². The highest BCUT2D eigenvalue weighted by atomic mass is 15.1. The molecular formula is C11H18N2. The van der Waals surface area contributed by atoms with E-state index >= 15 is 0 Å². The van der Waals surface area contributed by atoms with Gasteiger partial charge in [-0.05, 0) is 38.4 Å². The summed E-state index contributed by atoms with van der Waals surface area (Å²) in [4.78, 5) is 6.48. The molecule has 1 fully saturated rings. The van der Waals surface area contributed by atoms with Crippen molar-refractivity contribution in [2.75, 3.05) is 20.1 Å². The number of nitrogens with zero attached hydrogens (tertiary/aromatic N) is 2. The van der Waals surface area contributed by atoms with Gasteiger partial charge in [0.2, 0.25) is 0 Å². The first kappa shape index (κ1) is 10.2. The molecule has 1 unspecified atom stereocenters. The van der Waals surface area contributed by atoms with Crippen molar-refractivity contribution < 1.29 is 0 Å². The first-order valence-corrected chi connectivity index (χ1v) is 4.76. The highest BCUT2D eigenvalue weighted by Gasteiger charge is 2.21. The highest BCUT2D eigenvalue weighted by Crippen LogP contribution is 2.23. The van der Waals surface area contributed by atoms with Gasteiger partial charge in [0.1, 0.15) is 0 Å². The van der Waals surface area contributed by atoms with E-state index in [1.807, 2.05) is 25.4 Å².